The van der Waals surface area contributed by atoms with Crippen LogP contribution < -0.4 is 5.32 Å². The average Bonchev–Trinajstić information content (AvgIpc) is 2.91. The Bertz CT molecular complexity index is 585. The maximum atomic E-state index is 4.77. The van der Waals surface area contributed by atoms with Gasteiger partial charge in [0.25, 0.3) is 0 Å². The third-order valence-corrected chi connectivity index (χ3v) is 5.74. The summed E-state index contributed by atoms with van der Waals surface area (Å²) >= 11 is 2.03. The van der Waals surface area contributed by atoms with E-state index in [1.54, 1.807) is 0 Å². The normalized spacial score (nSPS) is 22.8. The van der Waals surface area contributed by atoms with E-state index < -0.39 is 0 Å². The molecule has 0 unspecified atom stereocenters. The molecule has 4 heteroatoms. The van der Waals surface area contributed by atoms with Crippen molar-refractivity contribution in [3.63, 3.8) is 0 Å². The molecule has 1 aliphatic carbocycles. The fourth-order valence-electron chi connectivity index (χ4n) is 3.31. The topological polar surface area (TPSA) is 29.9 Å². The van der Waals surface area contributed by atoms with E-state index in [4.69, 9.17) is 5.10 Å². The SMILES string of the molecule is CCn1nc(CNC2CCC(SC)CC2)c2ccccc21. The number of thioether (sulfide) groups is 1. The van der Waals surface area contributed by atoms with Gasteiger partial charge < -0.3 is 5.32 Å². The van der Waals surface area contributed by atoms with Crippen LogP contribution in [0.2, 0.25) is 0 Å². The summed E-state index contributed by atoms with van der Waals surface area (Å²) in [5.41, 5.74) is 2.45. The van der Waals surface area contributed by atoms with E-state index >= 15 is 0 Å². The van der Waals surface area contributed by atoms with E-state index in [9.17, 15) is 0 Å². The second-order valence-corrected chi connectivity index (χ2v) is 7.01. The van der Waals surface area contributed by atoms with Gasteiger partial charge in [-0.2, -0.15) is 16.9 Å². The Hall–Kier alpha value is -1.00. The number of aryl methyl sites for hydroxylation is 1. The molecule has 0 amide bonds. The molecule has 3 nitrogen and oxygen atoms in total. The zero-order valence-electron chi connectivity index (χ0n) is 13.0. The highest BCUT2D eigenvalue weighted by molar-refractivity contribution is 7.99. The second kappa shape index (κ2) is 6.84. The van der Waals surface area contributed by atoms with Gasteiger partial charge in [-0.05, 0) is 44.9 Å². The summed E-state index contributed by atoms with van der Waals surface area (Å²) in [6, 6.07) is 9.22. The van der Waals surface area contributed by atoms with Crippen molar-refractivity contribution in [3.05, 3.63) is 30.0 Å². The van der Waals surface area contributed by atoms with Gasteiger partial charge in [0.1, 0.15) is 0 Å². The van der Waals surface area contributed by atoms with Gasteiger partial charge in [-0.15, -0.1) is 0 Å². The summed E-state index contributed by atoms with van der Waals surface area (Å²) in [6.45, 7) is 3.97. The van der Waals surface area contributed by atoms with Crippen molar-refractivity contribution < 1.29 is 0 Å². The average molecular weight is 303 g/mol. The predicted octanol–water partition coefficient (Wildman–Crippen LogP) is 3.82. The van der Waals surface area contributed by atoms with Crippen LogP contribution in [0.4, 0.5) is 0 Å². The minimum atomic E-state index is 0.666. The molecule has 1 fully saturated rings. The molecule has 2 aromatic rings. The standard InChI is InChI=1S/C17H25N3S/c1-3-20-17-7-5-4-6-15(17)16(19-20)12-18-13-8-10-14(21-2)11-9-13/h4-7,13-14,18H,3,8-12H2,1-2H3. The van der Waals surface area contributed by atoms with Crippen LogP contribution in [0.5, 0.6) is 0 Å². The summed E-state index contributed by atoms with van der Waals surface area (Å²) in [4.78, 5) is 0. The summed E-state index contributed by atoms with van der Waals surface area (Å²) < 4.78 is 2.11. The first-order valence-electron chi connectivity index (χ1n) is 8.02. The van der Waals surface area contributed by atoms with Crippen molar-refractivity contribution in [1.29, 1.82) is 0 Å². The number of hydrogen-bond acceptors (Lipinski definition) is 3. The molecule has 1 heterocycles. The molecule has 1 saturated carbocycles. The Morgan fingerprint density at radius 2 is 2.00 bits per heavy atom. The summed E-state index contributed by atoms with van der Waals surface area (Å²) in [7, 11) is 0. The second-order valence-electron chi connectivity index (χ2n) is 5.87. The monoisotopic (exact) mass is 303 g/mol. The number of fused-ring (bicyclic) bond motifs is 1. The fraction of sp³-hybridized carbons (Fsp3) is 0.588. The number of hydrogen-bond donors (Lipinski definition) is 1. The Balaban J connectivity index is 1.66. The Morgan fingerprint density at radius 1 is 1.24 bits per heavy atom. The van der Waals surface area contributed by atoms with Gasteiger partial charge in [0.2, 0.25) is 0 Å². The lowest BCUT2D eigenvalue weighted by atomic mass is 9.95. The van der Waals surface area contributed by atoms with Gasteiger partial charge >= 0.3 is 0 Å². The van der Waals surface area contributed by atoms with Crippen LogP contribution in [0, 0.1) is 0 Å². The van der Waals surface area contributed by atoms with Crippen molar-refractivity contribution in [2.75, 3.05) is 6.26 Å². The highest BCUT2D eigenvalue weighted by Gasteiger charge is 2.20. The van der Waals surface area contributed by atoms with E-state index in [-0.39, 0.29) is 0 Å². The van der Waals surface area contributed by atoms with Crippen molar-refractivity contribution in [2.24, 2.45) is 0 Å². The van der Waals surface area contributed by atoms with Crippen molar-refractivity contribution in [1.82, 2.24) is 15.1 Å². The molecular weight excluding hydrogens is 278 g/mol. The number of nitrogens with one attached hydrogen (secondary N) is 1. The molecule has 0 saturated heterocycles. The van der Waals surface area contributed by atoms with E-state index in [0.29, 0.717) is 6.04 Å². The molecule has 1 N–H and O–H groups in total. The van der Waals surface area contributed by atoms with Crippen LogP contribution in [0.1, 0.15) is 38.3 Å². The Kier molecular flexibility index (Phi) is 4.86. The largest absolute Gasteiger partial charge is 0.308 e. The van der Waals surface area contributed by atoms with Crippen LogP contribution in [-0.2, 0) is 13.1 Å². The lowest BCUT2D eigenvalue weighted by molar-refractivity contribution is 0.377. The number of para-hydroxylation sites is 1. The first kappa shape index (κ1) is 14.9. The van der Waals surface area contributed by atoms with Gasteiger partial charge in [-0.3, -0.25) is 4.68 Å². The molecule has 21 heavy (non-hydrogen) atoms. The number of aromatic nitrogens is 2. The third-order valence-electron chi connectivity index (χ3n) is 4.60. The number of rotatable bonds is 5. The van der Waals surface area contributed by atoms with E-state index in [1.807, 2.05) is 11.8 Å². The quantitative estimate of drug-likeness (QED) is 0.910. The first-order chi connectivity index (χ1) is 10.3. The predicted molar refractivity (Wildman–Crippen MR) is 91.8 cm³/mol. The smallest absolute Gasteiger partial charge is 0.0841 e. The minimum absolute atomic E-state index is 0.666. The summed E-state index contributed by atoms with van der Waals surface area (Å²) in [5, 5.41) is 10.7. The summed E-state index contributed by atoms with van der Waals surface area (Å²) in [5.74, 6) is 0. The lowest BCUT2D eigenvalue weighted by Crippen LogP contribution is -2.33. The van der Waals surface area contributed by atoms with Crippen molar-refractivity contribution >= 4 is 22.7 Å². The van der Waals surface area contributed by atoms with Crippen molar-refractivity contribution in [3.8, 4) is 0 Å². The highest BCUT2D eigenvalue weighted by Crippen LogP contribution is 2.27. The fourth-order valence-corrected chi connectivity index (χ4v) is 4.06. The van der Waals surface area contributed by atoms with E-state index in [1.165, 1.54) is 42.3 Å². The Morgan fingerprint density at radius 3 is 2.71 bits per heavy atom. The molecule has 0 radical (unpaired) electrons. The van der Waals surface area contributed by atoms with E-state index in [0.717, 1.165) is 18.3 Å². The first-order valence-corrected chi connectivity index (χ1v) is 9.31. The van der Waals surface area contributed by atoms with Crippen LogP contribution in [0.25, 0.3) is 10.9 Å². The van der Waals surface area contributed by atoms with Crippen LogP contribution in [0.15, 0.2) is 24.3 Å². The third kappa shape index (κ3) is 3.27. The summed E-state index contributed by atoms with van der Waals surface area (Å²) in [6.07, 6.45) is 7.55. The molecule has 0 spiro atoms. The van der Waals surface area contributed by atoms with E-state index in [2.05, 4.69) is 47.4 Å². The molecule has 1 aromatic heterocycles. The van der Waals surface area contributed by atoms with Gasteiger partial charge in [0.05, 0.1) is 11.2 Å². The lowest BCUT2D eigenvalue weighted by Gasteiger charge is -2.27. The number of benzene rings is 1. The van der Waals surface area contributed by atoms with Crippen LogP contribution in [-0.4, -0.2) is 27.3 Å². The maximum Gasteiger partial charge on any atom is 0.0841 e. The van der Waals surface area contributed by atoms with Gasteiger partial charge in [0, 0.05) is 29.8 Å². The molecular formula is C17H25N3S. The highest BCUT2D eigenvalue weighted by atomic mass is 32.2. The van der Waals surface area contributed by atoms with Crippen molar-refractivity contribution in [2.45, 2.75) is 57.0 Å². The minimum Gasteiger partial charge on any atom is -0.308 e. The molecule has 0 aliphatic heterocycles. The number of nitrogens with zero attached hydrogens (tertiary/aromatic N) is 2. The zero-order valence-corrected chi connectivity index (χ0v) is 13.8. The van der Waals surface area contributed by atoms with Gasteiger partial charge in [-0.25, -0.2) is 0 Å². The van der Waals surface area contributed by atoms with Gasteiger partial charge in [0.15, 0.2) is 0 Å². The van der Waals surface area contributed by atoms with Crippen LogP contribution in [0.3, 0.4) is 0 Å². The van der Waals surface area contributed by atoms with Crippen LogP contribution >= 0.6 is 11.8 Å². The van der Waals surface area contributed by atoms with Gasteiger partial charge in [-0.1, -0.05) is 18.2 Å². The molecule has 1 aliphatic rings. The molecule has 0 bridgehead atoms. The zero-order chi connectivity index (χ0) is 14.7. The Labute approximate surface area is 131 Å². The molecule has 3 rings (SSSR count). The molecule has 0 atom stereocenters. The maximum absolute atomic E-state index is 4.77. The molecule has 114 valence electrons. The molecule has 1 aromatic carbocycles.